The van der Waals surface area contributed by atoms with Crippen molar-refractivity contribution in [2.45, 2.75) is 89.6 Å². The van der Waals surface area contributed by atoms with E-state index in [4.69, 9.17) is 0 Å². The molecule has 0 aromatic heterocycles. The van der Waals surface area contributed by atoms with Gasteiger partial charge < -0.3 is 5.32 Å². The minimum atomic E-state index is 0.781. The highest BCUT2D eigenvalue weighted by Gasteiger charge is 2.35. The lowest BCUT2D eigenvalue weighted by atomic mass is 9.87. The van der Waals surface area contributed by atoms with E-state index < -0.39 is 0 Å². The maximum absolute atomic E-state index is 3.97. The molecule has 2 aliphatic carbocycles. The highest BCUT2D eigenvalue weighted by molar-refractivity contribution is 4.92. The average Bonchev–Trinajstić information content (AvgIpc) is 3.37. The van der Waals surface area contributed by atoms with Crippen molar-refractivity contribution in [3.8, 4) is 0 Å². The van der Waals surface area contributed by atoms with Gasteiger partial charge >= 0.3 is 0 Å². The van der Waals surface area contributed by atoms with Crippen LogP contribution in [0, 0.1) is 11.8 Å². The lowest BCUT2D eigenvalue weighted by Crippen LogP contribution is -2.50. The van der Waals surface area contributed by atoms with Crippen LogP contribution in [0.25, 0.3) is 0 Å². The molecule has 3 aliphatic rings. The number of nitrogens with zero attached hydrogens (tertiary/aromatic N) is 1. The summed E-state index contributed by atoms with van der Waals surface area (Å²) in [5.41, 5.74) is 0. The predicted octanol–water partition coefficient (Wildman–Crippen LogP) is 4.20. The van der Waals surface area contributed by atoms with E-state index in [1.165, 1.54) is 90.3 Å². The molecule has 0 amide bonds. The lowest BCUT2D eigenvalue weighted by Gasteiger charge is -2.39. The molecule has 0 bridgehead atoms. The quantitative estimate of drug-likeness (QED) is 0.756. The van der Waals surface area contributed by atoms with E-state index in [9.17, 15) is 0 Å². The molecule has 1 saturated heterocycles. The highest BCUT2D eigenvalue weighted by atomic mass is 15.2. The Bertz CT molecular complexity index is 294. The second-order valence-corrected chi connectivity index (χ2v) is 8.04. The topological polar surface area (TPSA) is 15.3 Å². The van der Waals surface area contributed by atoms with Gasteiger partial charge in [0, 0.05) is 25.2 Å². The molecule has 2 nitrogen and oxygen atoms in total. The zero-order chi connectivity index (χ0) is 14.5. The Kier molecular flexibility index (Phi) is 5.99. The van der Waals surface area contributed by atoms with Gasteiger partial charge in [0.05, 0.1) is 0 Å². The van der Waals surface area contributed by atoms with Gasteiger partial charge in [-0.25, -0.2) is 0 Å². The molecule has 0 aromatic carbocycles. The molecule has 3 rings (SSSR count). The van der Waals surface area contributed by atoms with Crippen molar-refractivity contribution in [2.75, 3.05) is 19.6 Å². The molecule has 3 fully saturated rings. The highest BCUT2D eigenvalue weighted by Crippen LogP contribution is 2.33. The monoisotopic (exact) mass is 292 g/mol. The number of hydrogen-bond donors (Lipinski definition) is 1. The summed E-state index contributed by atoms with van der Waals surface area (Å²) in [5.74, 6) is 1.94. The predicted molar refractivity (Wildman–Crippen MR) is 90.6 cm³/mol. The summed E-state index contributed by atoms with van der Waals surface area (Å²) in [5, 5.41) is 3.97. The van der Waals surface area contributed by atoms with Gasteiger partial charge in [-0.1, -0.05) is 39.0 Å². The number of piperidine rings is 1. The third kappa shape index (κ3) is 4.96. The third-order valence-corrected chi connectivity index (χ3v) is 6.01. The first kappa shape index (κ1) is 15.8. The summed E-state index contributed by atoms with van der Waals surface area (Å²) < 4.78 is 0. The van der Waals surface area contributed by atoms with Gasteiger partial charge in [0.25, 0.3) is 0 Å². The molecule has 0 spiro atoms. The van der Waals surface area contributed by atoms with Crippen molar-refractivity contribution < 1.29 is 0 Å². The van der Waals surface area contributed by atoms with Gasteiger partial charge in [-0.3, -0.25) is 4.90 Å². The van der Waals surface area contributed by atoms with E-state index >= 15 is 0 Å². The van der Waals surface area contributed by atoms with Crippen LogP contribution >= 0.6 is 0 Å². The van der Waals surface area contributed by atoms with E-state index in [0.29, 0.717) is 0 Å². The Morgan fingerprint density at radius 1 is 0.952 bits per heavy atom. The van der Waals surface area contributed by atoms with E-state index in [1.54, 1.807) is 0 Å². The van der Waals surface area contributed by atoms with E-state index in [1.807, 2.05) is 0 Å². The maximum atomic E-state index is 3.97. The first-order chi connectivity index (χ1) is 10.3. The summed E-state index contributed by atoms with van der Waals surface area (Å²) in [7, 11) is 0. The first-order valence-electron chi connectivity index (χ1n) is 9.82. The second-order valence-electron chi connectivity index (χ2n) is 8.04. The van der Waals surface area contributed by atoms with Gasteiger partial charge in [-0.15, -0.1) is 0 Å². The zero-order valence-electron chi connectivity index (χ0n) is 14.2. The van der Waals surface area contributed by atoms with Crippen LogP contribution in [0.1, 0.15) is 77.6 Å². The summed E-state index contributed by atoms with van der Waals surface area (Å²) in [6.45, 7) is 6.36. The van der Waals surface area contributed by atoms with Gasteiger partial charge in [-0.2, -0.15) is 0 Å². The van der Waals surface area contributed by atoms with Gasteiger partial charge in [-0.05, 0) is 56.9 Å². The van der Waals surface area contributed by atoms with Crippen LogP contribution in [-0.2, 0) is 0 Å². The van der Waals surface area contributed by atoms with Crippen LogP contribution in [0.2, 0.25) is 0 Å². The van der Waals surface area contributed by atoms with Crippen molar-refractivity contribution >= 4 is 0 Å². The Labute approximate surface area is 132 Å². The Hall–Kier alpha value is -0.0800. The molecule has 21 heavy (non-hydrogen) atoms. The number of rotatable bonds is 7. The van der Waals surface area contributed by atoms with Crippen LogP contribution in [0.3, 0.4) is 0 Å². The van der Waals surface area contributed by atoms with Crippen LogP contribution in [-0.4, -0.2) is 36.6 Å². The summed E-state index contributed by atoms with van der Waals surface area (Å²) in [6, 6.07) is 1.73. The van der Waals surface area contributed by atoms with Crippen molar-refractivity contribution in [3.05, 3.63) is 0 Å². The standard InChI is InChI=1S/C19H36N2/c1-2-3-7-17-12-18(15-21(14-17)19-10-11-19)20-13-16-8-5-4-6-9-16/h16-20H,2-15H2,1H3. The minimum absolute atomic E-state index is 0.781. The van der Waals surface area contributed by atoms with Crippen molar-refractivity contribution in [1.29, 1.82) is 0 Å². The molecule has 2 saturated carbocycles. The lowest BCUT2D eigenvalue weighted by molar-refractivity contribution is 0.124. The van der Waals surface area contributed by atoms with Crippen molar-refractivity contribution in [3.63, 3.8) is 0 Å². The Balaban J connectivity index is 1.45. The first-order valence-corrected chi connectivity index (χ1v) is 9.82. The Morgan fingerprint density at radius 3 is 2.48 bits per heavy atom. The maximum Gasteiger partial charge on any atom is 0.0198 e. The second kappa shape index (κ2) is 7.97. The number of hydrogen-bond acceptors (Lipinski definition) is 2. The molecular formula is C19H36N2. The largest absolute Gasteiger partial charge is 0.312 e. The zero-order valence-corrected chi connectivity index (χ0v) is 14.2. The summed E-state index contributed by atoms with van der Waals surface area (Å²) >= 11 is 0. The molecule has 1 aliphatic heterocycles. The molecule has 0 aromatic rings. The number of likely N-dealkylation sites (tertiary alicyclic amines) is 1. The molecule has 2 atom stereocenters. The fraction of sp³-hybridized carbons (Fsp3) is 1.00. The summed E-state index contributed by atoms with van der Waals surface area (Å²) in [6.07, 6.45) is 16.0. The molecule has 122 valence electrons. The molecule has 0 radical (unpaired) electrons. The van der Waals surface area contributed by atoms with E-state index in [2.05, 4.69) is 17.1 Å². The van der Waals surface area contributed by atoms with Gasteiger partial charge in [0.1, 0.15) is 0 Å². The van der Waals surface area contributed by atoms with Gasteiger partial charge in [0.2, 0.25) is 0 Å². The molecule has 2 unspecified atom stereocenters. The smallest absolute Gasteiger partial charge is 0.0198 e. The van der Waals surface area contributed by atoms with Crippen molar-refractivity contribution in [2.24, 2.45) is 11.8 Å². The van der Waals surface area contributed by atoms with E-state index in [-0.39, 0.29) is 0 Å². The fourth-order valence-electron chi connectivity index (χ4n) is 4.55. The summed E-state index contributed by atoms with van der Waals surface area (Å²) in [4.78, 5) is 2.82. The van der Waals surface area contributed by atoms with Gasteiger partial charge in [0.15, 0.2) is 0 Å². The normalized spacial score (nSPS) is 32.4. The average molecular weight is 293 g/mol. The van der Waals surface area contributed by atoms with Crippen molar-refractivity contribution in [1.82, 2.24) is 10.2 Å². The van der Waals surface area contributed by atoms with Crippen LogP contribution in [0.4, 0.5) is 0 Å². The SMILES string of the molecule is CCCCC1CC(NCC2CCCCC2)CN(C2CC2)C1. The molecule has 1 heterocycles. The molecule has 1 N–H and O–H groups in total. The van der Waals surface area contributed by atoms with Crippen LogP contribution < -0.4 is 5.32 Å². The Morgan fingerprint density at radius 2 is 1.76 bits per heavy atom. The number of unbranched alkanes of at least 4 members (excludes halogenated alkanes) is 1. The van der Waals surface area contributed by atoms with Crippen LogP contribution in [0.5, 0.6) is 0 Å². The minimum Gasteiger partial charge on any atom is -0.312 e. The fourth-order valence-corrected chi connectivity index (χ4v) is 4.55. The number of nitrogens with one attached hydrogen (secondary N) is 1. The van der Waals surface area contributed by atoms with E-state index in [0.717, 1.165) is 23.9 Å². The van der Waals surface area contributed by atoms with Crippen LogP contribution in [0.15, 0.2) is 0 Å². The third-order valence-electron chi connectivity index (χ3n) is 6.01. The molecule has 2 heteroatoms. The molecular weight excluding hydrogens is 256 g/mol.